The molecule has 5 rings (SSSR count). The molecular formula is C87H157N4O35P. The van der Waals surface area contributed by atoms with Crippen LogP contribution < -0.4 is 21.3 Å². The van der Waals surface area contributed by atoms with Crippen molar-refractivity contribution in [2.75, 3.05) is 80.2 Å². The first-order valence-corrected chi connectivity index (χ1v) is 47.5. The monoisotopic (exact) mass is 1850 g/mol. The SMILES string of the molecule is CC(=O)NC1[C@H](C)OC(CO)[C@@H](O[C@@H]2OC(CO)[C@H](O)[C@H](O[C@@H]3OC(CO)[C@@H](O)[C@H](O[C@@H]4OC(CO)[C@H](O)[C@H](O)C4O[C@@H]4OC(C)[C@@H](O)[C@H](O)C4O)C3NC(C)=O)C2O)[C@@H]1O.CCCCCCCC/C=C\C(CCCCCC)C(=O)OC[C@H](COP(=O)(OC)OCCNC(=O)CCCCC(=O)NCCCOC)OC(=O)CCCCCCC/C=C/CCCCCCCC. The first kappa shape index (κ1) is 115. The van der Waals surface area contributed by atoms with Crippen LogP contribution in [-0.4, -0.2) is 341 Å². The van der Waals surface area contributed by atoms with Gasteiger partial charge in [-0.05, 0) is 84.5 Å². The highest BCUT2D eigenvalue weighted by Crippen LogP contribution is 2.49. The Bertz CT molecular complexity index is 3100. The maximum absolute atomic E-state index is 13.5. The maximum atomic E-state index is 13.5. The van der Waals surface area contributed by atoms with Crippen LogP contribution in [0.5, 0.6) is 0 Å². The zero-order chi connectivity index (χ0) is 93.8. The van der Waals surface area contributed by atoms with Crippen LogP contribution in [0.3, 0.4) is 0 Å². The predicted octanol–water partition coefficient (Wildman–Crippen LogP) is 3.45. The van der Waals surface area contributed by atoms with E-state index in [9.17, 15) is 99.7 Å². The third-order valence-corrected chi connectivity index (χ3v) is 24.1. The molecule has 39 nitrogen and oxygen atoms in total. The van der Waals surface area contributed by atoms with Crippen molar-refractivity contribution in [3.63, 3.8) is 0 Å². The maximum Gasteiger partial charge on any atom is 0.474 e. The van der Waals surface area contributed by atoms with Crippen molar-refractivity contribution in [1.29, 1.82) is 0 Å². The van der Waals surface area contributed by atoms with Crippen LogP contribution in [0.4, 0.5) is 0 Å². The van der Waals surface area contributed by atoms with Crippen LogP contribution in [0, 0.1) is 5.92 Å². The van der Waals surface area contributed by atoms with Crippen molar-refractivity contribution < 1.29 is 170 Å². The Kier molecular flexibility index (Phi) is 58.9. The number of allylic oxidation sites excluding steroid dienone is 3. The largest absolute Gasteiger partial charge is 0.474 e. The predicted molar refractivity (Wildman–Crippen MR) is 459 cm³/mol. The second-order valence-corrected chi connectivity index (χ2v) is 35.0. The molecule has 40 heteroatoms. The Balaban J connectivity index is 0.000000533. The number of aliphatic hydroxyl groups excluding tert-OH is 13. The highest BCUT2D eigenvalue weighted by Gasteiger charge is 2.58. The van der Waals surface area contributed by atoms with E-state index in [0.29, 0.717) is 45.3 Å². The standard InChI is InChI=1S/C52H97N2O11P.C35H60N2O24/c1-6-9-12-15-17-19-20-21-22-23-24-25-27-29-32-40-51(57)65-48(45-62-52(58)47(36-30-14-11-8-3)37-31-28-26-18-16-13-10-7-2)46-64-66(59,61-5)63-44-42-54-50(56)39-34-33-38-49(55)53-41-35-43-60-4;1-9-17(36-11(3)42)23(48)28(16(8-41)53-9)58-34-27(52)30(22(47)15(7-40)56-34)60-32-18(37-12(4)43)29(21(46)14(6-39)55-32)59-35-31(25(50)20(45)13(5-38)57-35)61-33-26(51)24(49)19(44)10(2)54-33/h21-22,31,37,47-48H,6-20,23-30,32-36,38-46H2,1-5H3,(H,53,55)(H,54,56);9-10,13-35,38-41,44-52H,5-8H2,1-4H3,(H,36,42)(H,37,43)/b22-21+,37-31-;/t47?,48-,66?;9-,10?,13?,14?,15?,16?,17?,18?,19+,20-,21+,22-,23+,24-,25-,26?,27?,28+,29+,30-,31?,32-,33-,34-,35-/m10/s1. The van der Waals surface area contributed by atoms with Gasteiger partial charge in [0.1, 0.15) is 116 Å². The van der Waals surface area contributed by atoms with E-state index in [1.807, 2.05) is 6.08 Å². The molecule has 5 aliphatic rings. The van der Waals surface area contributed by atoms with Gasteiger partial charge in [-0.2, -0.15) is 0 Å². The van der Waals surface area contributed by atoms with E-state index >= 15 is 0 Å². The van der Waals surface area contributed by atoms with Gasteiger partial charge in [-0.25, -0.2) is 4.57 Å². The molecule has 5 fully saturated rings. The Labute approximate surface area is 748 Å². The van der Waals surface area contributed by atoms with E-state index in [1.54, 1.807) is 7.11 Å². The molecule has 0 bridgehead atoms. The minimum atomic E-state index is -4.13. The average molecular weight is 1850 g/mol. The second kappa shape index (κ2) is 65.2. The Morgan fingerprint density at radius 2 is 0.898 bits per heavy atom. The van der Waals surface area contributed by atoms with Crippen molar-refractivity contribution >= 4 is 43.4 Å². The molecule has 4 amide bonds. The molecule has 740 valence electrons. The lowest BCUT2D eigenvalue weighted by Gasteiger charge is -2.51. The van der Waals surface area contributed by atoms with Crippen molar-refractivity contribution in [2.24, 2.45) is 5.92 Å². The summed E-state index contributed by atoms with van der Waals surface area (Å²) in [5, 5.41) is 150. The molecule has 0 aromatic carbocycles. The number of hydrogen-bond donors (Lipinski definition) is 17. The number of rotatable bonds is 63. The number of aliphatic hydroxyl groups is 13. The molecule has 0 saturated carbocycles. The summed E-state index contributed by atoms with van der Waals surface area (Å²) in [4.78, 5) is 75.4. The van der Waals surface area contributed by atoms with E-state index in [1.165, 1.54) is 98.5 Å². The van der Waals surface area contributed by atoms with Crippen LogP contribution in [0.2, 0.25) is 0 Å². The van der Waals surface area contributed by atoms with Crippen LogP contribution in [-0.2, 0) is 104 Å². The van der Waals surface area contributed by atoms with Gasteiger partial charge in [-0.15, -0.1) is 0 Å². The lowest BCUT2D eigenvalue weighted by molar-refractivity contribution is -0.388. The van der Waals surface area contributed by atoms with Gasteiger partial charge in [0.2, 0.25) is 23.6 Å². The molecule has 5 saturated heterocycles. The van der Waals surface area contributed by atoms with Crippen LogP contribution in [0.1, 0.15) is 248 Å². The summed E-state index contributed by atoms with van der Waals surface area (Å²) in [6, 6.07) is -2.77. The molecule has 0 aliphatic carbocycles. The number of amides is 4. The van der Waals surface area contributed by atoms with Crippen molar-refractivity contribution in [3.8, 4) is 0 Å². The van der Waals surface area contributed by atoms with Crippen LogP contribution in [0.25, 0.3) is 0 Å². The van der Waals surface area contributed by atoms with Crippen LogP contribution >= 0.6 is 7.82 Å². The Morgan fingerprint density at radius 3 is 1.46 bits per heavy atom. The van der Waals surface area contributed by atoms with Gasteiger partial charge in [-0.3, -0.25) is 42.3 Å². The van der Waals surface area contributed by atoms with Crippen LogP contribution in [0.15, 0.2) is 24.3 Å². The van der Waals surface area contributed by atoms with Gasteiger partial charge >= 0.3 is 19.8 Å². The van der Waals surface area contributed by atoms with Gasteiger partial charge < -0.3 is 144 Å². The summed E-state index contributed by atoms with van der Waals surface area (Å²) in [7, 11) is -1.33. The fourth-order valence-corrected chi connectivity index (χ4v) is 16.2. The molecule has 28 atom stereocenters. The number of phosphoric ester groups is 1. The quantitative estimate of drug-likeness (QED) is 0.0179. The van der Waals surface area contributed by atoms with Crippen molar-refractivity contribution in [1.82, 2.24) is 21.3 Å². The fourth-order valence-electron chi connectivity index (χ4n) is 15.2. The molecule has 0 spiro atoms. The second-order valence-electron chi connectivity index (χ2n) is 33.2. The van der Waals surface area contributed by atoms with E-state index in [0.717, 1.165) is 90.4 Å². The summed E-state index contributed by atoms with van der Waals surface area (Å²) in [6.07, 6.45) is -1.16. The molecule has 0 radical (unpaired) electrons. The normalized spacial score (nSPS) is 30.8. The molecular weight excluding hydrogens is 1690 g/mol. The lowest BCUT2D eigenvalue weighted by Crippen LogP contribution is -2.70. The molecule has 17 N–H and O–H groups in total. The zero-order valence-corrected chi connectivity index (χ0v) is 77.0. The van der Waals surface area contributed by atoms with E-state index < -0.39 is 230 Å². The highest BCUT2D eigenvalue weighted by atomic mass is 31.2. The first-order valence-electron chi connectivity index (χ1n) is 46.1. The number of nitrogens with one attached hydrogen (secondary N) is 4. The number of esters is 2. The minimum Gasteiger partial charge on any atom is -0.461 e. The summed E-state index contributed by atoms with van der Waals surface area (Å²) in [5.74, 6) is -2.90. The number of carbonyl (C=O) groups excluding carboxylic acids is 6. The number of hydrogen-bond acceptors (Lipinski definition) is 35. The van der Waals surface area contributed by atoms with Gasteiger partial charge in [-0.1, -0.05) is 154 Å². The minimum absolute atomic E-state index is 0.0491. The first-order chi connectivity index (χ1) is 60.9. The Hall–Kier alpha value is -4.51. The number of methoxy groups -OCH3 is 1. The average Bonchev–Trinajstić information content (AvgIpc) is 0.766. The van der Waals surface area contributed by atoms with E-state index in [2.05, 4.69) is 60.3 Å². The number of phosphoric acid groups is 1. The summed E-state index contributed by atoms with van der Waals surface area (Å²) in [5.41, 5.74) is 0. The van der Waals surface area contributed by atoms with Gasteiger partial charge in [0.25, 0.3) is 0 Å². The van der Waals surface area contributed by atoms with Crippen molar-refractivity contribution in [3.05, 3.63) is 24.3 Å². The third-order valence-electron chi connectivity index (χ3n) is 22.7. The number of carbonyl (C=O) groups is 6. The molecule has 127 heavy (non-hydrogen) atoms. The van der Waals surface area contributed by atoms with Gasteiger partial charge in [0.05, 0.1) is 63.8 Å². The summed E-state index contributed by atoms with van der Waals surface area (Å²) < 4.78 is 98.3. The molecule has 0 aromatic heterocycles. The zero-order valence-electron chi connectivity index (χ0n) is 76.1. The molecule has 5 heterocycles. The lowest BCUT2D eigenvalue weighted by atomic mass is 9.92. The van der Waals surface area contributed by atoms with Crippen molar-refractivity contribution in [2.45, 2.75) is 407 Å². The summed E-state index contributed by atoms with van der Waals surface area (Å²) in [6.45, 7) is 8.58. The smallest absolute Gasteiger partial charge is 0.461 e. The molecule has 0 aromatic rings. The fraction of sp³-hybridized carbons (Fsp3) is 0.885. The number of ether oxygens (including phenoxy) is 12. The molecule has 12 unspecified atom stereocenters. The topological polar surface area (TPSA) is 569 Å². The van der Waals surface area contributed by atoms with Gasteiger partial charge in [0.15, 0.2) is 31.3 Å². The number of unbranched alkanes of at least 4 members (excludes halogenated alkanes) is 21. The third kappa shape index (κ3) is 41.9. The molecule has 5 aliphatic heterocycles. The highest BCUT2D eigenvalue weighted by molar-refractivity contribution is 7.48. The van der Waals surface area contributed by atoms with Gasteiger partial charge in [0, 0.05) is 67.0 Å². The van der Waals surface area contributed by atoms with E-state index in [4.69, 9.17) is 70.4 Å². The van der Waals surface area contributed by atoms with E-state index in [-0.39, 0.29) is 44.4 Å². The Morgan fingerprint density at radius 1 is 0.417 bits per heavy atom. The summed E-state index contributed by atoms with van der Waals surface area (Å²) >= 11 is 0.